The van der Waals surface area contributed by atoms with Crippen LogP contribution in [0.15, 0.2) is 36.8 Å². The molecule has 11 heteroatoms. The van der Waals surface area contributed by atoms with Gasteiger partial charge in [0.05, 0.1) is 24.3 Å². The zero-order valence-electron chi connectivity index (χ0n) is 12.9. The van der Waals surface area contributed by atoms with Gasteiger partial charge in [-0.3, -0.25) is 0 Å². The lowest BCUT2D eigenvalue weighted by Gasteiger charge is -2.10. The van der Waals surface area contributed by atoms with Crippen molar-refractivity contribution in [3.8, 4) is 0 Å². The van der Waals surface area contributed by atoms with Crippen LogP contribution in [0.2, 0.25) is 5.02 Å². The van der Waals surface area contributed by atoms with Crippen LogP contribution >= 0.6 is 11.6 Å². The fourth-order valence-electron chi connectivity index (χ4n) is 2.06. The molecule has 0 aliphatic rings. The molecule has 26 heavy (non-hydrogen) atoms. The first-order valence-electron chi connectivity index (χ1n) is 7.22. The summed E-state index contributed by atoms with van der Waals surface area (Å²) in [6.45, 7) is -2.97. The minimum Gasteiger partial charge on any atom is -0.364 e. The normalized spacial score (nSPS) is 11.0. The molecule has 136 valence electrons. The second-order valence-electron chi connectivity index (χ2n) is 5.06. The average molecular weight is 387 g/mol. The standard InChI is InChI=1S/C15H11ClF4N6/c16-10-6-22-15(24-8-4-23-26(7-8)14(19)20)25-13(10)21-5-9-11(17)2-1-3-12(9)18/h1-4,6-7,14H,5H2,(H2,21,22,24,25). The smallest absolute Gasteiger partial charge is 0.333 e. The van der Waals surface area contributed by atoms with E-state index in [1.165, 1.54) is 18.5 Å². The molecule has 2 N–H and O–H groups in total. The number of rotatable bonds is 6. The molecule has 0 atom stereocenters. The van der Waals surface area contributed by atoms with Crippen LogP contribution in [0.25, 0.3) is 0 Å². The zero-order chi connectivity index (χ0) is 18.7. The first-order valence-corrected chi connectivity index (χ1v) is 7.60. The minimum atomic E-state index is -2.77. The van der Waals surface area contributed by atoms with Crippen molar-refractivity contribution < 1.29 is 17.6 Å². The molecule has 0 saturated heterocycles. The first-order chi connectivity index (χ1) is 12.4. The van der Waals surface area contributed by atoms with Crippen molar-refractivity contribution in [1.29, 1.82) is 0 Å². The fraction of sp³-hybridized carbons (Fsp3) is 0.133. The number of hydrogen-bond donors (Lipinski definition) is 2. The summed E-state index contributed by atoms with van der Waals surface area (Å²) in [5.74, 6) is -1.26. The number of benzene rings is 1. The fourth-order valence-corrected chi connectivity index (χ4v) is 2.22. The Morgan fingerprint density at radius 2 is 1.88 bits per heavy atom. The van der Waals surface area contributed by atoms with Crippen molar-refractivity contribution in [2.75, 3.05) is 10.6 Å². The molecular weight excluding hydrogens is 376 g/mol. The molecule has 0 aliphatic heterocycles. The van der Waals surface area contributed by atoms with Crippen molar-refractivity contribution in [3.05, 3.63) is 59.0 Å². The van der Waals surface area contributed by atoms with E-state index in [1.807, 2.05) is 0 Å². The highest BCUT2D eigenvalue weighted by Crippen LogP contribution is 2.23. The van der Waals surface area contributed by atoms with E-state index >= 15 is 0 Å². The first kappa shape index (κ1) is 17.9. The third-order valence-electron chi connectivity index (χ3n) is 3.30. The van der Waals surface area contributed by atoms with E-state index in [-0.39, 0.29) is 34.6 Å². The van der Waals surface area contributed by atoms with Crippen LogP contribution in [0.4, 0.5) is 35.0 Å². The maximum atomic E-state index is 13.7. The summed E-state index contributed by atoms with van der Waals surface area (Å²) in [4.78, 5) is 7.97. The van der Waals surface area contributed by atoms with Crippen LogP contribution in [0, 0.1) is 11.6 Å². The number of halogens is 5. The third kappa shape index (κ3) is 4.02. The quantitative estimate of drug-likeness (QED) is 0.616. The second-order valence-corrected chi connectivity index (χ2v) is 5.46. The molecule has 0 spiro atoms. The predicted octanol–water partition coefficient (Wildman–Crippen LogP) is 4.36. The highest BCUT2D eigenvalue weighted by Gasteiger charge is 2.12. The van der Waals surface area contributed by atoms with Gasteiger partial charge in [0.25, 0.3) is 0 Å². The topological polar surface area (TPSA) is 67.7 Å². The minimum absolute atomic E-state index is 0.0414. The van der Waals surface area contributed by atoms with E-state index in [0.717, 1.165) is 18.3 Å². The maximum absolute atomic E-state index is 13.7. The van der Waals surface area contributed by atoms with Crippen LogP contribution in [0.3, 0.4) is 0 Å². The summed E-state index contributed by atoms with van der Waals surface area (Å²) in [6, 6.07) is 3.53. The molecule has 3 rings (SSSR count). The van der Waals surface area contributed by atoms with Crippen LogP contribution < -0.4 is 10.6 Å². The lowest BCUT2D eigenvalue weighted by Crippen LogP contribution is -2.08. The summed E-state index contributed by atoms with van der Waals surface area (Å²) in [6.07, 6.45) is 3.50. The number of anilines is 3. The van der Waals surface area contributed by atoms with Gasteiger partial charge < -0.3 is 10.6 Å². The molecule has 6 nitrogen and oxygen atoms in total. The lowest BCUT2D eigenvalue weighted by molar-refractivity contribution is 0.0566. The molecule has 0 fully saturated rings. The van der Waals surface area contributed by atoms with Gasteiger partial charge in [0.15, 0.2) is 5.82 Å². The highest BCUT2D eigenvalue weighted by molar-refractivity contribution is 6.32. The average Bonchev–Trinajstić information content (AvgIpc) is 3.06. The Labute approximate surface area is 149 Å². The number of aromatic nitrogens is 4. The van der Waals surface area contributed by atoms with E-state index in [9.17, 15) is 17.6 Å². The summed E-state index contributed by atoms with van der Waals surface area (Å²) in [7, 11) is 0. The monoisotopic (exact) mass is 386 g/mol. The Bertz CT molecular complexity index is 897. The van der Waals surface area contributed by atoms with E-state index in [1.54, 1.807) is 0 Å². The van der Waals surface area contributed by atoms with Crippen molar-refractivity contribution in [1.82, 2.24) is 19.7 Å². The van der Waals surface area contributed by atoms with Crippen molar-refractivity contribution in [2.45, 2.75) is 13.1 Å². The zero-order valence-corrected chi connectivity index (χ0v) is 13.7. The number of nitrogens with zero attached hydrogens (tertiary/aromatic N) is 4. The van der Waals surface area contributed by atoms with E-state index < -0.39 is 18.2 Å². The van der Waals surface area contributed by atoms with E-state index in [4.69, 9.17) is 11.6 Å². The maximum Gasteiger partial charge on any atom is 0.333 e. The van der Waals surface area contributed by atoms with Crippen LogP contribution in [-0.2, 0) is 6.54 Å². The summed E-state index contributed by atoms with van der Waals surface area (Å²) < 4.78 is 52.8. The Kier molecular flexibility index (Phi) is 5.21. The largest absolute Gasteiger partial charge is 0.364 e. The predicted molar refractivity (Wildman–Crippen MR) is 87.5 cm³/mol. The molecule has 0 bridgehead atoms. The Balaban J connectivity index is 1.75. The Morgan fingerprint density at radius 1 is 1.15 bits per heavy atom. The molecule has 0 unspecified atom stereocenters. The van der Waals surface area contributed by atoms with Crippen LogP contribution in [0.1, 0.15) is 12.1 Å². The lowest BCUT2D eigenvalue weighted by atomic mass is 10.2. The molecule has 0 aliphatic carbocycles. The van der Waals surface area contributed by atoms with Gasteiger partial charge in [-0.25, -0.2) is 18.4 Å². The molecular formula is C15H11ClF4N6. The van der Waals surface area contributed by atoms with E-state index in [2.05, 4.69) is 25.7 Å². The van der Waals surface area contributed by atoms with Gasteiger partial charge in [-0.05, 0) is 12.1 Å². The van der Waals surface area contributed by atoms with Gasteiger partial charge in [0.1, 0.15) is 16.7 Å². The molecule has 0 saturated carbocycles. The Hall–Kier alpha value is -2.88. The third-order valence-corrected chi connectivity index (χ3v) is 3.57. The SMILES string of the molecule is Fc1cccc(F)c1CNc1nc(Nc2cnn(C(F)F)c2)ncc1Cl. The van der Waals surface area contributed by atoms with Gasteiger partial charge in [-0.15, -0.1) is 0 Å². The van der Waals surface area contributed by atoms with Gasteiger partial charge in [0.2, 0.25) is 5.95 Å². The van der Waals surface area contributed by atoms with Gasteiger partial charge in [-0.1, -0.05) is 17.7 Å². The van der Waals surface area contributed by atoms with Crippen molar-refractivity contribution >= 4 is 29.1 Å². The molecule has 0 radical (unpaired) electrons. The summed E-state index contributed by atoms with van der Waals surface area (Å²) in [5.41, 5.74) is 0.0635. The van der Waals surface area contributed by atoms with Gasteiger partial charge in [0, 0.05) is 12.1 Å². The number of alkyl halides is 2. The Morgan fingerprint density at radius 3 is 2.54 bits per heavy atom. The number of hydrogen-bond acceptors (Lipinski definition) is 5. The van der Waals surface area contributed by atoms with Crippen LogP contribution in [0.5, 0.6) is 0 Å². The van der Waals surface area contributed by atoms with Gasteiger partial charge in [-0.2, -0.15) is 18.9 Å². The molecule has 1 aromatic carbocycles. The second kappa shape index (κ2) is 7.56. The van der Waals surface area contributed by atoms with E-state index in [0.29, 0.717) is 4.68 Å². The summed E-state index contributed by atoms with van der Waals surface area (Å²) >= 11 is 5.97. The molecule has 2 heterocycles. The van der Waals surface area contributed by atoms with Crippen molar-refractivity contribution in [3.63, 3.8) is 0 Å². The summed E-state index contributed by atoms with van der Waals surface area (Å²) in [5, 5.41) is 8.99. The highest BCUT2D eigenvalue weighted by atomic mass is 35.5. The van der Waals surface area contributed by atoms with Crippen molar-refractivity contribution in [2.24, 2.45) is 0 Å². The molecule has 3 aromatic rings. The van der Waals surface area contributed by atoms with Crippen LogP contribution in [-0.4, -0.2) is 19.7 Å². The molecule has 0 amide bonds. The van der Waals surface area contributed by atoms with Gasteiger partial charge >= 0.3 is 6.55 Å². The number of nitrogens with one attached hydrogen (secondary N) is 2. The molecule has 2 aromatic heterocycles.